The zero-order chi connectivity index (χ0) is 11.7. The van der Waals surface area contributed by atoms with E-state index in [0.29, 0.717) is 0 Å². The van der Waals surface area contributed by atoms with Gasteiger partial charge >= 0.3 is 0 Å². The van der Waals surface area contributed by atoms with Crippen molar-refractivity contribution >= 4 is 5.78 Å². The van der Waals surface area contributed by atoms with Gasteiger partial charge in [0, 0.05) is 12.5 Å². The molecule has 4 nitrogen and oxygen atoms in total. The van der Waals surface area contributed by atoms with Gasteiger partial charge in [0.25, 0.3) is 0 Å². The van der Waals surface area contributed by atoms with Crippen molar-refractivity contribution < 1.29 is 4.79 Å². The van der Waals surface area contributed by atoms with Gasteiger partial charge in [-0.1, -0.05) is 30.3 Å². The molecule has 0 amide bonds. The van der Waals surface area contributed by atoms with E-state index in [4.69, 9.17) is 5.84 Å². The number of hydrogen-bond donors (Lipinski definition) is 1. The smallest absolute Gasteiger partial charge is 0.196 e. The molecule has 16 heavy (non-hydrogen) atoms. The molecule has 1 aromatic carbocycles. The normalized spacial score (nSPS) is 10.4. The lowest BCUT2D eigenvalue weighted by molar-refractivity contribution is 0.100. The molecule has 0 atom stereocenters. The zero-order valence-corrected chi connectivity index (χ0v) is 9.27. The molecule has 0 aliphatic heterocycles. The van der Waals surface area contributed by atoms with E-state index in [1.807, 2.05) is 37.3 Å². The SMILES string of the molecule is CC(=O)c1nc(-c2ccccc2)c(C)n1N. The summed E-state index contributed by atoms with van der Waals surface area (Å²) in [4.78, 5) is 15.6. The third kappa shape index (κ3) is 1.58. The quantitative estimate of drug-likeness (QED) is 0.613. The summed E-state index contributed by atoms with van der Waals surface area (Å²) in [6.45, 7) is 3.31. The number of benzene rings is 1. The molecule has 4 heteroatoms. The molecule has 0 saturated heterocycles. The van der Waals surface area contributed by atoms with Crippen molar-refractivity contribution in [3.63, 3.8) is 0 Å². The fourth-order valence-electron chi connectivity index (χ4n) is 1.63. The van der Waals surface area contributed by atoms with E-state index in [1.165, 1.54) is 11.6 Å². The lowest BCUT2D eigenvalue weighted by atomic mass is 10.1. The van der Waals surface area contributed by atoms with Crippen LogP contribution in [-0.2, 0) is 0 Å². The first-order valence-electron chi connectivity index (χ1n) is 5.02. The average Bonchev–Trinajstić information content (AvgIpc) is 2.58. The minimum atomic E-state index is -0.132. The molecule has 0 unspecified atom stereocenters. The van der Waals surface area contributed by atoms with Crippen molar-refractivity contribution in [3.05, 3.63) is 41.9 Å². The molecule has 1 heterocycles. The van der Waals surface area contributed by atoms with Gasteiger partial charge in [-0.15, -0.1) is 0 Å². The molecule has 0 bridgehead atoms. The minimum Gasteiger partial charge on any atom is -0.337 e. The van der Waals surface area contributed by atoms with Gasteiger partial charge < -0.3 is 5.84 Å². The summed E-state index contributed by atoms with van der Waals surface area (Å²) in [5, 5.41) is 0. The van der Waals surface area contributed by atoms with Gasteiger partial charge in [-0.3, -0.25) is 4.79 Å². The van der Waals surface area contributed by atoms with Crippen molar-refractivity contribution in [3.8, 4) is 11.3 Å². The molecule has 2 N–H and O–H groups in total. The van der Waals surface area contributed by atoms with Crippen LogP contribution in [0, 0.1) is 6.92 Å². The van der Waals surface area contributed by atoms with E-state index >= 15 is 0 Å². The molecule has 0 fully saturated rings. The molecule has 2 rings (SSSR count). The van der Waals surface area contributed by atoms with Crippen molar-refractivity contribution in [1.29, 1.82) is 0 Å². The Hall–Kier alpha value is -2.10. The number of ketones is 1. The minimum absolute atomic E-state index is 0.132. The van der Waals surface area contributed by atoms with Crippen LogP contribution in [0.25, 0.3) is 11.3 Å². The Kier molecular flexibility index (Phi) is 2.48. The number of hydrogen-bond acceptors (Lipinski definition) is 3. The lowest BCUT2D eigenvalue weighted by Gasteiger charge is -1.99. The molecular formula is C12H13N3O. The summed E-state index contributed by atoms with van der Waals surface area (Å²) in [7, 11) is 0. The third-order valence-electron chi connectivity index (χ3n) is 2.51. The average molecular weight is 215 g/mol. The molecular weight excluding hydrogens is 202 g/mol. The largest absolute Gasteiger partial charge is 0.337 e. The Morgan fingerprint density at radius 1 is 1.31 bits per heavy atom. The molecule has 1 aromatic heterocycles. The fraction of sp³-hybridized carbons (Fsp3) is 0.167. The number of imidazole rings is 1. The Labute approximate surface area is 93.7 Å². The lowest BCUT2D eigenvalue weighted by Crippen LogP contribution is -2.16. The maximum absolute atomic E-state index is 11.3. The number of nitrogen functional groups attached to an aromatic ring is 1. The third-order valence-corrected chi connectivity index (χ3v) is 2.51. The summed E-state index contributed by atoms with van der Waals surface area (Å²) in [6.07, 6.45) is 0. The fourth-order valence-corrected chi connectivity index (χ4v) is 1.63. The summed E-state index contributed by atoms with van der Waals surface area (Å²) in [6, 6.07) is 9.68. The van der Waals surface area contributed by atoms with Gasteiger partial charge in [0.05, 0.1) is 11.4 Å². The van der Waals surface area contributed by atoms with Crippen LogP contribution in [0.2, 0.25) is 0 Å². The number of aromatic nitrogens is 2. The predicted molar refractivity (Wildman–Crippen MR) is 62.6 cm³/mol. The topological polar surface area (TPSA) is 60.9 Å². The van der Waals surface area contributed by atoms with Crippen LogP contribution in [0.4, 0.5) is 0 Å². The number of carbonyl (C=O) groups is 1. The highest BCUT2D eigenvalue weighted by Crippen LogP contribution is 2.21. The van der Waals surface area contributed by atoms with Gasteiger partial charge in [0.1, 0.15) is 0 Å². The molecule has 0 aliphatic carbocycles. The molecule has 82 valence electrons. The maximum atomic E-state index is 11.3. The number of nitrogens with zero attached hydrogens (tertiary/aromatic N) is 2. The van der Waals surface area contributed by atoms with E-state index in [-0.39, 0.29) is 11.6 Å². The highest BCUT2D eigenvalue weighted by Gasteiger charge is 2.15. The summed E-state index contributed by atoms with van der Waals surface area (Å²) in [5.41, 5.74) is 2.51. The van der Waals surface area contributed by atoms with E-state index in [2.05, 4.69) is 4.98 Å². The maximum Gasteiger partial charge on any atom is 0.196 e. The first-order chi connectivity index (χ1) is 7.61. The van der Waals surface area contributed by atoms with E-state index in [0.717, 1.165) is 17.0 Å². The highest BCUT2D eigenvalue weighted by atomic mass is 16.1. The van der Waals surface area contributed by atoms with Crippen molar-refractivity contribution in [2.45, 2.75) is 13.8 Å². The highest BCUT2D eigenvalue weighted by molar-refractivity contribution is 5.91. The molecule has 0 spiro atoms. The second-order valence-corrected chi connectivity index (χ2v) is 3.66. The van der Waals surface area contributed by atoms with E-state index in [1.54, 1.807) is 0 Å². The number of Topliss-reactive ketones (excluding diaryl/α,β-unsaturated/α-hetero) is 1. The van der Waals surface area contributed by atoms with Crippen LogP contribution in [-0.4, -0.2) is 15.4 Å². The Bertz CT molecular complexity index is 529. The zero-order valence-electron chi connectivity index (χ0n) is 9.27. The second-order valence-electron chi connectivity index (χ2n) is 3.66. The van der Waals surface area contributed by atoms with Gasteiger partial charge in [0.2, 0.25) is 0 Å². The first kappa shape index (κ1) is 10.4. The van der Waals surface area contributed by atoms with Crippen molar-refractivity contribution in [2.24, 2.45) is 0 Å². The molecule has 0 saturated carbocycles. The van der Waals surface area contributed by atoms with Crippen molar-refractivity contribution in [1.82, 2.24) is 9.66 Å². The molecule has 0 aliphatic rings. The van der Waals surface area contributed by atoms with Gasteiger partial charge in [-0.05, 0) is 6.92 Å². The summed E-state index contributed by atoms with van der Waals surface area (Å²) >= 11 is 0. The van der Waals surface area contributed by atoms with Gasteiger partial charge in [0.15, 0.2) is 11.6 Å². The summed E-state index contributed by atoms with van der Waals surface area (Å²) < 4.78 is 1.34. The van der Waals surface area contributed by atoms with Gasteiger partial charge in [-0.2, -0.15) is 0 Å². The number of nitrogens with two attached hydrogens (primary N) is 1. The molecule has 0 radical (unpaired) electrons. The van der Waals surface area contributed by atoms with E-state index < -0.39 is 0 Å². The molecule has 2 aromatic rings. The second kappa shape index (κ2) is 3.81. The van der Waals surface area contributed by atoms with Crippen LogP contribution in [0.3, 0.4) is 0 Å². The first-order valence-corrected chi connectivity index (χ1v) is 5.02. The number of carbonyl (C=O) groups excluding carboxylic acids is 1. The van der Waals surface area contributed by atoms with Crippen LogP contribution in [0.5, 0.6) is 0 Å². The van der Waals surface area contributed by atoms with Crippen LogP contribution in [0.1, 0.15) is 23.2 Å². The Morgan fingerprint density at radius 2 is 1.94 bits per heavy atom. The van der Waals surface area contributed by atoms with Crippen LogP contribution in [0.15, 0.2) is 30.3 Å². The van der Waals surface area contributed by atoms with Gasteiger partial charge in [-0.25, -0.2) is 9.66 Å². The number of rotatable bonds is 2. The predicted octanol–water partition coefficient (Wildman–Crippen LogP) is 1.77. The van der Waals surface area contributed by atoms with E-state index in [9.17, 15) is 4.79 Å². The monoisotopic (exact) mass is 215 g/mol. The van der Waals surface area contributed by atoms with Crippen LogP contribution < -0.4 is 5.84 Å². The van der Waals surface area contributed by atoms with Crippen LogP contribution >= 0.6 is 0 Å². The standard InChI is InChI=1S/C12H13N3O/c1-8-11(10-6-4-3-5-7-10)14-12(9(2)16)15(8)13/h3-7H,13H2,1-2H3. The Morgan fingerprint density at radius 3 is 2.44 bits per heavy atom. The Balaban J connectivity index is 2.60. The summed E-state index contributed by atoms with van der Waals surface area (Å²) in [5.74, 6) is 5.93. The van der Waals surface area contributed by atoms with Crippen molar-refractivity contribution in [2.75, 3.05) is 5.84 Å².